The summed E-state index contributed by atoms with van der Waals surface area (Å²) in [5, 5.41) is 3.21. The molecule has 0 spiro atoms. The minimum Gasteiger partial charge on any atom is -0.464 e. The second-order valence-electron chi connectivity index (χ2n) is 4.75. The number of benzene rings is 1. The number of rotatable bonds is 2. The number of nitrogens with one attached hydrogen (secondary N) is 1. The van der Waals surface area contributed by atoms with Gasteiger partial charge in [-0.2, -0.15) is 0 Å². The topological polar surface area (TPSA) is 64.1 Å². The van der Waals surface area contributed by atoms with Crippen molar-refractivity contribution in [2.24, 2.45) is 0 Å². The molecule has 0 unspecified atom stereocenters. The molecule has 108 valence electrons. The van der Waals surface area contributed by atoms with Gasteiger partial charge in [-0.15, -0.1) is 0 Å². The smallest absolute Gasteiger partial charge is 0.357 e. The lowest BCUT2D eigenvalue weighted by Crippen LogP contribution is -2.28. The van der Waals surface area contributed by atoms with E-state index in [4.69, 9.17) is 4.74 Å². The Kier molecular flexibility index (Phi) is 3.62. The van der Waals surface area contributed by atoms with E-state index >= 15 is 0 Å². The van der Waals surface area contributed by atoms with E-state index in [2.05, 4.69) is 15.3 Å². The molecule has 1 aliphatic heterocycles. The number of hydrogen-bond donors (Lipinski definition) is 1. The third-order valence-corrected chi connectivity index (χ3v) is 3.42. The van der Waals surface area contributed by atoms with E-state index in [0.717, 1.165) is 17.8 Å². The highest BCUT2D eigenvalue weighted by molar-refractivity contribution is 5.89. The maximum Gasteiger partial charge on any atom is 0.357 e. The first-order valence-corrected chi connectivity index (χ1v) is 6.64. The Balaban J connectivity index is 2.13. The van der Waals surface area contributed by atoms with Crippen LogP contribution in [0.2, 0.25) is 0 Å². The largest absolute Gasteiger partial charge is 0.464 e. The van der Waals surface area contributed by atoms with E-state index in [1.165, 1.54) is 19.2 Å². The van der Waals surface area contributed by atoms with E-state index < -0.39 is 5.97 Å². The zero-order valence-electron chi connectivity index (χ0n) is 11.5. The Hall–Kier alpha value is -2.34. The van der Waals surface area contributed by atoms with Crippen molar-refractivity contribution < 1.29 is 13.9 Å². The molecule has 0 fully saturated rings. The van der Waals surface area contributed by atoms with Gasteiger partial charge in [-0.05, 0) is 37.2 Å². The van der Waals surface area contributed by atoms with Crippen LogP contribution >= 0.6 is 0 Å². The van der Waals surface area contributed by atoms with E-state index in [1.807, 2.05) is 0 Å². The van der Waals surface area contributed by atoms with Gasteiger partial charge >= 0.3 is 5.97 Å². The van der Waals surface area contributed by atoms with Crippen molar-refractivity contribution in [1.29, 1.82) is 0 Å². The zero-order valence-corrected chi connectivity index (χ0v) is 11.5. The second-order valence-corrected chi connectivity index (χ2v) is 4.75. The summed E-state index contributed by atoms with van der Waals surface area (Å²) < 4.78 is 17.8. The van der Waals surface area contributed by atoms with Gasteiger partial charge in [-0.25, -0.2) is 19.2 Å². The summed E-state index contributed by atoms with van der Waals surface area (Å²) in [7, 11) is 1.33. The van der Waals surface area contributed by atoms with Crippen LogP contribution in [0.25, 0.3) is 11.4 Å². The van der Waals surface area contributed by atoms with Crippen molar-refractivity contribution in [3.8, 4) is 11.4 Å². The maximum absolute atomic E-state index is 13.0. The Bertz CT molecular complexity index is 686. The number of fused-ring (bicyclic) bond motifs is 1. The molecule has 5 nitrogen and oxygen atoms in total. The quantitative estimate of drug-likeness (QED) is 0.852. The van der Waals surface area contributed by atoms with Crippen LogP contribution in [-0.2, 0) is 17.7 Å². The van der Waals surface area contributed by atoms with Crippen LogP contribution in [0.15, 0.2) is 24.3 Å². The molecule has 6 heteroatoms. The van der Waals surface area contributed by atoms with E-state index in [1.54, 1.807) is 12.1 Å². The summed E-state index contributed by atoms with van der Waals surface area (Å²) in [6.07, 6.45) is 0.684. The van der Waals surface area contributed by atoms with Crippen molar-refractivity contribution in [1.82, 2.24) is 15.3 Å². The summed E-state index contributed by atoms with van der Waals surface area (Å²) in [6.45, 7) is 1.35. The van der Waals surface area contributed by atoms with Gasteiger partial charge in [-0.3, -0.25) is 0 Å². The Morgan fingerprint density at radius 3 is 2.76 bits per heavy atom. The van der Waals surface area contributed by atoms with Crippen LogP contribution in [-0.4, -0.2) is 29.6 Å². The van der Waals surface area contributed by atoms with Crippen LogP contribution < -0.4 is 5.32 Å². The van der Waals surface area contributed by atoms with Crippen molar-refractivity contribution in [3.05, 3.63) is 47.0 Å². The molecule has 2 heterocycles. The predicted molar refractivity (Wildman–Crippen MR) is 74.2 cm³/mol. The average Bonchev–Trinajstić information content (AvgIpc) is 2.53. The number of carbonyl (C=O) groups is 1. The Morgan fingerprint density at radius 2 is 2.05 bits per heavy atom. The van der Waals surface area contributed by atoms with Crippen LogP contribution in [0.4, 0.5) is 4.39 Å². The summed E-state index contributed by atoms with van der Waals surface area (Å²) in [4.78, 5) is 20.7. The standard InChI is InChI=1S/C15H14FN3O2/c1-21-15(20)13-11-6-7-17-8-12(11)18-14(19-13)9-2-4-10(16)5-3-9/h2-5,17H,6-8H2,1H3. The molecule has 0 saturated heterocycles. The molecule has 0 radical (unpaired) electrons. The molecule has 2 aromatic rings. The van der Waals surface area contributed by atoms with Crippen molar-refractivity contribution in [2.75, 3.05) is 13.7 Å². The van der Waals surface area contributed by atoms with Gasteiger partial charge < -0.3 is 10.1 Å². The molecule has 21 heavy (non-hydrogen) atoms. The fourth-order valence-electron chi connectivity index (χ4n) is 2.35. The number of nitrogens with zero attached hydrogens (tertiary/aromatic N) is 2. The molecule has 0 amide bonds. The van der Waals surface area contributed by atoms with Crippen LogP contribution in [0.5, 0.6) is 0 Å². The van der Waals surface area contributed by atoms with Crippen molar-refractivity contribution >= 4 is 5.97 Å². The normalized spacial score (nSPS) is 13.6. The lowest BCUT2D eigenvalue weighted by atomic mass is 10.0. The second kappa shape index (κ2) is 5.57. The third-order valence-electron chi connectivity index (χ3n) is 3.42. The van der Waals surface area contributed by atoms with Gasteiger partial charge in [0, 0.05) is 17.7 Å². The highest BCUT2D eigenvalue weighted by Gasteiger charge is 2.22. The van der Waals surface area contributed by atoms with Gasteiger partial charge in [0.25, 0.3) is 0 Å². The monoisotopic (exact) mass is 287 g/mol. The molecular formula is C15H14FN3O2. The fraction of sp³-hybridized carbons (Fsp3) is 0.267. The first-order valence-electron chi connectivity index (χ1n) is 6.64. The number of hydrogen-bond acceptors (Lipinski definition) is 5. The third kappa shape index (κ3) is 2.62. The van der Waals surface area contributed by atoms with Crippen LogP contribution in [0, 0.1) is 5.82 Å². The van der Waals surface area contributed by atoms with Gasteiger partial charge in [0.05, 0.1) is 12.8 Å². The summed E-state index contributed by atoms with van der Waals surface area (Å²) in [5.74, 6) is -0.400. The molecule has 1 aromatic carbocycles. The predicted octanol–water partition coefficient (Wildman–Crippen LogP) is 1.71. The van der Waals surface area contributed by atoms with Crippen molar-refractivity contribution in [2.45, 2.75) is 13.0 Å². The molecule has 0 aliphatic carbocycles. The fourth-order valence-corrected chi connectivity index (χ4v) is 2.35. The first-order chi connectivity index (χ1) is 10.2. The maximum atomic E-state index is 13.0. The lowest BCUT2D eigenvalue weighted by molar-refractivity contribution is 0.0592. The highest BCUT2D eigenvalue weighted by atomic mass is 19.1. The zero-order chi connectivity index (χ0) is 14.8. The van der Waals surface area contributed by atoms with E-state index in [0.29, 0.717) is 30.0 Å². The van der Waals surface area contributed by atoms with Crippen LogP contribution in [0.1, 0.15) is 21.7 Å². The Morgan fingerprint density at radius 1 is 1.29 bits per heavy atom. The summed E-state index contributed by atoms with van der Waals surface area (Å²) in [6, 6.07) is 5.87. The van der Waals surface area contributed by atoms with Gasteiger partial charge in [0.2, 0.25) is 0 Å². The molecule has 0 saturated carbocycles. The minimum atomic E-state index is -0.473. The summed E-state index contributed by atoms with van der Waals surface area (Å²) >= 11 is 0. The molecule has 0 bridgehead atoms. The van der Waals surface area contributed by atoms with E-state index in [9.17, 15) is 9.18 Å². The Labute approximate surface area is 121 Å². The van der Waals surface area contributed by atoms with Crippen LogP contribution in [0.3, 0.4) is 0 Å². The van der Waals surface area contributed by atoms with Gasteiger partial charge in [0.1, 0.15) is 5.82 Å². The SMILES string of the molecule is COC(=O)c1nc(-c2ccc(F)cc2)nc2c1CCNC2. The number of carbonyl (C=O) groups excluding carboxylic acids is 1. The van der Waals surface area contributed by atoms with Gasteiger partial charge in [-0.1, -0.05) is 0 Å². The lowest BCUT2D eigenvalue weighted by Gasteiger charge is -2.19. The first kappa shape index (κ1) is 13.6. The molecule has 1 aromatic heterocycles. The molecular weight excluding hydrogens is 273 g/mol. The van der Waals surface area contributed by atoms with Crippen molar-refractivity contribution in [3.63, 3.8) is 0 Å². The highest BCUT2D eigenvalue weighted by Crippen LogP contribution is 2.22. The number of esters is 1. The molecule has 0 atom stereocenters. The number of halogens is 1. The van der Waals surface area contributed by atoms with E-state index in [-0.39, 0.29) is 5.82 Å². The number of aromatic nitrogens is 2. The average molecular weight is 287 g/mol. The molecule has 1 aliphatic rings. The molecule has 3 rings (SSSR count). The summed E-state index contributed by atoms with van der Waals surface area (Å²) in [5.41, 5.74) is 2.57. The van der Waals surface area contributed by atoms with Gasteiger partial charge in [0.15, 0.2) is 11.5 Å². The minimum absolute atomic E-state index is 0.295. The number of methoxy groups -OCH3 is 1. The number of ether oxygens (including phenoxy) is 1. The molecule has 1 N–H and O–H groups in total.